The second kappa shape index (κ2) is 6.74. The minimum absolute atomic E-state index is 0.0534. The first kappa shape index (κ1) is 13.3. The van der Waals surface area contributed by atoms with Gasteiger partial charge in [-0.05, 0) is 12.8 Å². The van der Waals surface area contributed by atoms with Gasteiger partial charge in [0.1, 0.15) is 11.6 Å². The Labute approximate surface area is 87.1 Å². The van der Waals surface area contributed by atoms with Crippen LogP contribution in [0, 0.1) is 11.8 Å². The summed E-state index contributed by atoms with van der Waals surface area (Å²) in [6.45, 7) is 7.73. The van der Waals surface area contributed by atoms with Crippen molar-refractivity contribution in [2.45, 2.75) is 53.4 Å². The van der Waals surface area contributed by atoms with Crippen molar-refractivity contribution in [2.75, 3.05) is 0 Å². The third-order valence-electron chi connectivity index (χ3n) is 2.51. The highest BCUT2D eigenvalue weighted by molar-refractivity contribution is 5.83. The minimum atomic E-state index is 0.0534. The molecule has 2 nitrogen and oxygen atoms in total. The van der Waals surface area contributed by atoms with Gasteiger partial charge in [-0.3, -0.25) is 9.59 Å². The first-order valence-corrected chi connectivity index (χ1v) is 5.54. The smallest absolute Gasteiger partial charge is 0.135 e. The zero-order valence-electron chi connectivity index (χ0n) is 9.80. The molecule has 0 bridgehead atoms. The van der Waals surface area contributed by atoms with E-state index in [9.17, 15) is 9.59 Å². The minimum Gasteiger partial charge on any atom is -0.299 e. The average molecular weight is 198 g/mol. The number of hydrogen-bond donors (Lipinski definition) is 0. The Morgan fingerprint density at radius 3 is 2.00 bits per heavy atom. The van der Waals surface area contributed by atoms with Gasteiger partial charge in [-0.15, -0.1) is 0 Å². The summed E-state index contributed by atoms with van der Waals surface area (Å²) < 4.78 is 0. The van der Waals surface area contributed by atoms with Gasteiger partial charge in [0, 0.05) is 24.7 Å². The number of carbonyl (C=O) groups is 2. The second-order valence-electron chi connectivity index (χ2n) is 4.28. The molecule has 0 amide bonds. The molecule has 1 unspecified atom stereocenters. The highest BCUT2D eigenvalue weighted by Gasteiger charge is 2.14. The molecule has 0 N–H and O–H groups in total. The third kappa shape index (κ3) is 5.15. The molecule has 2 heteroatoms. The summed E-state index contributed by atoms with van der Waals surface area (Å²) in [6.07, 6.45) is 2.82. The van der Waals surface area contributed by atoms with Crippen molar-refractivity contribution in [2.24, 2.45) is 11.8 Å². The van der Waals surface area contributed by atoms with E-state index in [1.807, 2.05) is 27.7 Å². The van der Waals surface area contributed by atoms with E-state index >= 15 is 0 Å². The molecule has 0 fully saturated rings. The van der Waals surface area contributed by atoms with Crippen LogP contribution in [0.3, 0.4) is 0 Å². The number of hydrogen-bond acceptors (Lipinski definition) is 2. The Hall–Kier alpha value is -0.660. The molecule has 0 saturated heterocycles. The molecule has 14 heavy (non-hydrogen) atoms. The van der Waals surface area contributed by atoms with Gasteiger partial charge in [-0.25, -0.2) is 0 Å². The third-order valence-corrected chi connectivity index (χ3v) is 2.51. The molecule has 0 saturated carbocycles. The van der Waals surface area contributed by atoms with Gasteiger partial charge in [0.15, 0.2) is 0 Å². The lowest BCUT2D eigenvalue weighted by molar-refractivity contribution is -0.124. The summed E-state index contributed by atoms with van der Waals surface area (Å²) >= 11 is 0. The predicted octanol–water partition coefficient (Wildman–Crippen LogP) is 3.00. The lowest BCUT2D eigenvalue weighted by atomic mass is 9.94. The monoisotopic (exact) mass is 198 g/mol. The first-order chi connectivity index (χ1) is 6.49. The molecule has 0 radical (unpaired) electrons. The zero-order valence-corrected chi connectivity index (χ0v) is 9.80. The van der Waals surface area contributed by atoms with E-state index in [0.717, 1.165) is 12.8 Å². The average Bonchev–Trinajstić information content (AvgIpc) is 2.13. The van der Waals surface area contributed by atoms with Gasteiger partial charge in [0.25, 0.3) is 0 Å². The number of carbonyl (C=O) groups excluding carboxylic acids is 2. The summed E-state index contributed by atoms with van der Waals surface area (Å²) in [6, 6.07) is 0. The Kier molecular flexibility index (Phi) is 6.43. The lowest BCUT2D eigenvalue weighted by Gasteiger charge is -2.10. The highest BCUT2D eigenvalue weighted by atomic mass is 16.1. The molecule has 0 aromatic carbocycles. The Balaban J connectivity index is 3.78. The van der Waals surface area contributed by atoms with E-state index < -0.39 is 0 Å². The molecule has 0 rings (SSSR count). The van der Waals surface area contributed by atoms with Crippen LogP contribution in [-0.4, -0.2) is 11.6 Å². The number of ketones is 2. The Morgan fingerprint density at radius 2 is 1.57 bits per heavy atom. The molecule has 0 aromatic heterocycles. The van der Waals surface area contributed by atoms with Gasteiger partial charge >= 0.3 is 0 Å². The quantitative estimate of drug-likeness (QED) is 0.630. The van der Waals surface area contributed by atoms with E-state index in [2.05, 4.69) is 0 Å². The fourth-order valence-electron chi connectivity index (χ4n) is 1.30. The SMILES string of the molecule is CCCC(=O)C(C)CCC(=O)C(C)C. The van der Waals surface area contributed by atoms with Gasteiger partial charge in [0.2, 0.25) is 0 Å². The van der Waals surface area contributed by atoms with Crippen LogP contribution in [0.5, 0.6) is 0 Å². The van der Waals surface area contributed by atoms with Crippen molar-refractivity contribution < 1.29 is 9.59 Å². The van der Waals surface area contributed by atoms with Crippen molar-refractivity contribution >= 4 is 11.6 Å². The standard InChI is InChI=1S/C12H22O2/c1-5-6-12(14)10(4)7-8-11(13)9(2)3/h9-10H,5-8H2,1-4H3. The van der Waals surface area contributed by atoms with Crippen molar-refractivity contribution in [3.8, 4) is 0 Å². The molecular formula is C12H22O2. The topological polar surface area (TPSA) is 34.1 Å². The van der Waals surface area contributed by atoms with Crippen LogP contribution in [0.1, 0.15) is 53.4 Å². The van der Waals surface area contributed by atoms with E-state index in [1.165, 1.54) is 0 Å². The van der Waals surface area contributed by atoms with Gasteiger partial charge < -0.3 is 0 Å². The molecule has 82 valence electrons. The van der Waals surface area contributed by atoms with E-state index in [0.29, 0.717) is 18.6 Å². The predicted molar refractivity (Wildman–Crippen MR) is 58.2 cm³/mol. The van der Waals surface area contributed by atoms with Crippen LogP contribution in [0.15, 0.2) is 0 Å². The van der Waals surface area contributed by atoms with Crippen molar-refractivity contribution in [1.29, 1.82) is 0 Å². The summed E-state index contributed by atoms with van der Waals surface area (Å²) in [5.74, 6) is 0.714. The summed E-state index contributed by atoms with van der Waals surface area (Å²) in [4.78, 5) is 22.7. The van der Waals surface area contributed by atoms with Crippen LogP contribution >= 0.6 is 0 Å². The largest absolute Gasteiger partial charge is 0.299 e. The molecule has 0 spiro atoms. The zero-order chi connectivity index (χ0) is 11.1. The fraction of sp³-hybridized carbons (Fsp3) is 0.833. The van der Waals surface area contributed by atoms with Gasteiger partial charge in [-0.1, -0.05) is 27.7 Å². The molecule has 0 aliphatic rings. The van der Waals surface area contributed by atoms with E-state index in [1.54, 1.807) is 0 Å². The fourth-order valence-corrected chi connectivity index (χ4v) is 1.30. The van der Waals surface area contributed by atoms with Crippen molar-refractivity contribution in [3.05, 3.63) is 0 Å². The maximum Gasteiger partial charge on any atom is 0.135 e. The van der Waals surface area contributed by atoms with E-state index in [-0.39, 0.29) is 17.6 Å². The summed E-state index contributed by atoms with van der Waals surface area (Å²) in [7, 11) is 0. The molecule has 0 aromatic rings. The van der Waals surface area contributed by atoms with Gasteiger partial charge in [0.05, 0.1) is 0 Å². The maximum atomic E-state index is 11.4. The molecule has 0 aliphatic carbocycles. The number of rotatable bonds is 7. The Bertz CT molecular complexity index is 194. The van der Waals surface area contributed by atoms with Crippen LogP contribution in [0.4, 0.5) is 0 Å². The van der Waals surface area contributed by atoms with E-state index in [4.69, 9.17) is 0 Å². The first-order valence-electron chi connectivity index (χ1n) is 5.54. The summed E-state index contributed by atoms with van der Waals surface area (Å²) in [5, 5.41) is 0. The van der Waals surface area contributed by atoms with Crippen LogP contribution in [-0.2, 0) is 9.59 Å². The molecular weight excluding hydrogens is 176 g/mol. The van der Waals surface area contributed by atoms with Crippen LogP contribution < -0.4 is 0 Å². The maximum absolute atomic E-state index is 11.4. The van der Waals surface area contributed by atoms with Gasteiger partial charge in [-0.2, -0.15) is 0 Å². The summed E-state index contributed by atoms with van der Waals surface area (Å²) in [5.41, 5.74) is 0. The van der Waals surface area contributed by atoms with Crippen LogP contribution in [0.2, 0.25) is 0 Å². The highest BCUT2D eigenvalue weighted by Crippen LogP contribution is 2.12. The van der Waals surface area contributed by atoms with Crippen LogP contribution in [0.25, 0.3) is 0 Å². The van der Waals surface area contributed by atoms with Crippen molar-refractivity contribution in [3.63, 3.8) is 0 Å². The molecule has 0 heterocycles. The Morgan fingerprint density at radius 1 is 1.00 bits per heavy atom. The number of Topliss-reactive ketones (excluding diaryl/α,β-unsaturated/α-hetero) is 2. The molecule has 1 atom stereocenters. The van der Waals surface area contributed by atoms with Crippen molar-refractivity contribution in [1.82, 2.24) is 0 Å². The lowest BCUT2D eigenvalue weighted by Crippen LogP contribution is -2.14. The second-order valence-corrected chi connectivity index (χ2v) is 4.28. The normalized spacial score (nSPS) is 12.9. The molecule has 0 aliphatic heterocycles.